The standard InChI is InChI=1S/C14H29N3/c1-4-6-16-7-5-14(12-13(16)2)17-10-8-15(3)9-11-17/h13-14H,4-12H2,1-3H3/t13-,14?/m0/s1. The molecule has 2 saturated heterocycles. The van der Waals surface area contributed by atoms with Crippen LogP contribution >= 0.6 is 0 Å². The van der Waals surface area contributed by atoms with Crippen LogP contribution in [0.3, 0.4) is 0 Å². The molecule has 0 N–H and O–H groups in total. The molecule has 1 unspecified atom stereocenters. The third kappa shape index (κ3) is 3.43. The molecule has 3 heteroatoms. The van der Waals surface area contributed by atoms with Gasteiger partial charge in [0.2, 0.25) is 0 Å². The lowest BCUT2D eigenvalue weighted by atomic mass is 9.96. The predicted octanol–water partition coefficient (Wildman–Crippen LogP) is 1.50. The highest BCUT2D eigenvalue weighted by atomic mass is 15.3. The molecule has 3 nitrogen and oxygen atoms in total. The number of likely N-dealkylation sites (tertiary alicyclic amines) is 1. The van der Waals surface area contributed by atoms with Crippen molar-refractivity contribution >= 4 is 0 Å². The van der Waals surface area contributed by atoms with Gasteiger partial charge in [-0.15, -0.1) is 0 Å². The molecule has 0 aromatic rings. The average Bonchev–Trinajstić information content (AvgIpc) is 2.33. The van der Waals surface area contributed by atoms with E-state index in [4.69, 9.17) is 0 Å². The smallest absolute Gasteiger partial charge is 0.0123 e. The molecule has 2 atom stereocenters. The maximum atomic E-state index is 2.74. The number of rotatable bonds is 3. The van der Waals surface area contributed by atoms with Crippen LogP contribution in [0.5, 0.6) is 0 Å². The maximum absolute atomic E-state index is 2.74. The molecule has 100 valence electrons. The van der Waals surface area contributed by atoms with Crippen LogP contribution in [-0.4, -0.2) is 73.1 Å². The first-order valence-electron chi connectivity index (χ1n) is 7.37. The summed E-state index contributed by atoms with van der Waals surface area (Å²) in [7, 11) is 2.24. The molecule has 2 aliphatic heterocycles. The molecule has 0 aliphatic carbocycles. The average molecular weight is 239 g/mol. The molecule has 0 aromatic carbocycles. The van der Waals surface area contributed by atoms with Crippen LogP contribution in [0.4, 0.5) is 0 Å². The second-order valence-electron chi connectivity index (χ2n) is 5.90. The molecule has 0 bridgehead atoms. The summed E-state index contributed by atoms with van der Waals surface area (Å²) < 4.78 is 0. The summed E-state index contributed by atoms with van der Waals surface area (Å²) in [6.07, 6.45) is 4.06. The maximum Gasteiger partial charge on any atom is 0.0123 e. The van der Waals surface area contributed by atoms with Gasteiger partial charge in [0.05, 0.1) is 0 Å². The molecule has 0 spiro atoms. The van der Waals surface area contributed by atoms with Gasteiger partial charge in [0.25, 0.3) is 0 Å². The van der Waals surface area contributed by atoms with E-state index in [-0.39, 0.29) is 0 Å². The molecule has 0 aromatic heterocycles. The minimum Gasteiger partial charge on any atom is -0.304 e. The fraction of sp³-hybridized carbons (Fsp3) is 1.00. The Kier molecular flexibility index (Phi) is 4.83. The van der Waals surface area contributed by atoms with Gasteiger partial charge in [-0.2, -0.15) is 0 Å². The summed E-state index contributed by atoms with van der Waals surface area (Å²) >= 11 is 0. The van der Waals surface area contributed by atoms with Crippen molar-refractivity contribution in [1.29, 1.82) is 0 Å². The van der Waals surface area contributed by atoms with Gasteiger partial charge in [-0.3, -0.25) is 4.90 Å². The Morgan fingerprint density at radius 3 is 2.35 bits per heavy atom. The number of hydrogen-bond acceptors (Lipinski definition) is 3. The van der Waals surface area contributed by atoms with Gasteiger partial charge in [-0.25, -0.2) is 0 Å². The van der Waals surface area contributed by atoms with Crippen molar-refractivity contribution in [2.45, 2.75) is 45.2 Å². The van der Waals surface area contributed by atoms with Crippen LogP contribution in [0.2, 0.25) is 0 Å². The minimum absolute atomic E-state index is 0.786. The number of piperazine rings is 1. The largest absolute Gasteiger partial charge is 0.304 e. The fourth-order valence-electron chi connectivity index (χ4n) is 3.33. The second kappa shape index (κ2) is 6.17. The van der Waals surface area contributed by atoms with Crippen molar-refractivity contribution in [1.82, 2.24) is 14.7 Å². The summed E-state index contributed by atoms with van der Waals surface area (Å²) in [4.78, 5) is 7.86. The molecule has 0 radical (unpaired) electrons. The zero-order valence-corrected chi connectivity index (χ0v) is 11.9. The monoisotopic (exact) mass is 239 g/mol. The lowest BCUT2D eigenvalue weighted by Gasteiger charge is -2.44. The molecule has 2 heterocycles. The fourth-order valence-corrected chi connectivity index (χ4v) is 3.33. The van der Waals surface area contributed by atoms with Crippen LogP contribution in [0.25, 0.3) is 0 Å². The van der Waals surface area contributed by atoms with Crippen LogP contribution in [0.1, 0.15) is 33.1 Å². The van der Waals surface area contributed by atoms with Crippen LogP contribution in [-0.2, 0) is 0 Å². The van der Waals surface area contributed by atoms with E-state index in [0.717, 1.165) is 12.1 Å². The summed E-state index contributed by atoms with van der Waals surface area (Å²) in [5.74, 6) is 0. The third-order valence-electron chi connectivity index (χ3n) is 4.55. The SMILES string of the molecule is CCCN1CCC(N2CCN(C)CC2)C[C@@H]1C. The van der Waals surface area contributed by atoms with Crippen molar-refractivity contribution < 1.29 is 0 Å². The quantitative estimate of drug-likeness (QED) is 0.739. The Bertz CT molecular complexity index is 224. The summed E-state index contributed by atoms with van der Waals surface area (Å²) in [6.45, 7) is 12.4. The topological polar surface area (TPSA) is 9.72 Å². The summed E-state index contributed by atoms with van der Waals surface area (Å²) in [5, 5.41) is 0. The lowest BCUT2D eigenvalue weighted by Crippen LogP contribution is -2.54. The molecular weight excluding hydrogens is 210 g/mol. The first-order valence-corrected chi connectivity index (χ1v) is 7.37. The zero-order valence-electron chi connectivity index (χ0n) is 11.9. The molecule has 0 saturated carbocycles. The zero-order chi connectivity index (χ0) is 12.3. The first kappa shape index (κ1) is 13.3. The first-order chi connectivity index (χ1) is 8.20. The molecule has 17 heavy (non-hydrogen) atoms. The van der Waals surface area contributed by atoms with Gasteiger partial charge >= 0.3 is 0 Å². The Labute approximate surface area is 107 Å². The van der Waals surface area contributed by atoms with Crippen LogP contribution in [0.15, 0.2) is 0 Å². The van der Waals surface area contributed by atoms with Crippen molar-refractivity contribution in [3.8, 4) is 0 Å². The number of hydrogen-bond donors (Lipinski definition) is 0. The van der Waals surface area contributed by atoms with Crippen molar-refractivity contribution in [3.63, 3.8) is 0 Å². The van der Waals surface area contributed by atoms with E-state index in [1.54, 1.807) is 0 Å². The van der Waals surface area contributed by atoms with Crippen molar-refractivity contribution in [2.24, 2.45) is 0 Å². The van der Waals surface area contributed by atoms with Gasteiger partial charge in [0.1, 0.15) is 0 Å². The van der Waals surface area contributed by atoms with Gasteiger partial charge in [-0.1, -0.05) is 6.92 Å². The predicted molar refractivity (Wildman–Crippen MR) is 73.4 cm³/mol. The highest BCUT2D eigenvalue weighted by molar-refractivity contribution is 4.86. The summed E-state index contributed by atoms with van der Waals surface area (Å²) in [6, 6.07) is 1.64. The van der Waals surface area contributed by atoms with E-state index in [0.29, 0.717) is 0 Å². The molecule has 2 fully saturated rings. The van der Waals surface area contributed by atoms with Gasteiger partial charge < -0.3 is 9.80 Å². The van der Waals surface area contributed by atoms with E-state index in [9.17, 15) is 0 Å². The van der Waals surface area contributed by atoms with E-state index in [2.05, 4.69) is 35.6 Å². The lowest BCUT2D eigenvalue weighted by molar-refractivity contribution is 0.0449. The Morgan fingerprint density at radius 2 is 1.76 bits per heavy atom. The van der Waals surface area contributed by atoms with Gasteiger partial charge in [0.15, 0.2) is 0 Å². The molecule has 2 rings (SSSR count). The minimum atomic E-state index is 0.786. The van der Waals surface area contributed by atoms with Gasteiger partial charge in [-0.05, 0) is 46.3 Å². The highest BCUT2D eigenvalue weighted by Crippen LogP contribution is 2.22. The Balaban J connectivity index is 1.80. The highest BCUT2D eigenvalue weighted by Gasteiger charge is 2.29. The number of nitrogens with zero attached hydrogens (tertiary/aromatic N) is 3. The van der Waals surface area contributed by atoms with E-state index in [1.165, 1.54) is 58.5 Å². The summed E-state index contributed by atoms with van der Waals surface area (Å²) in [5.41, 5.74) is 0. The molecular formula is C14H29N3. The Morgan fingerprint density at radius 1 is 1.06 bits per heavy atom. The van der Waals surface area contributed by atoms with Crippen molar-refractivity contribution in [3.05, 3.63) is 0 Å². The third-order valence-corrected chi connectivity index (χ3v) is 4.55. The van der Waals surface area contributed by atoms with Crippen LogP contribution < -0.4 is 0 Å². The number of piperidine rings is 1. The van der Waals surface area contributed by atoms with E-state index < -0.39 is 0 Å². The Hall–Kier alpha value is -0.120. The normalized spacial score (nSPS) is 34.1. The second-order valence-corrected chi connectivity index (χ2v) is 5.90. The van der Waals surface area contributed by atoms with Crippen molar-refractivity contribution in [2.75, 3.05) is 46.3 Å². The van der Waals surface area contributed by atoms with E-state index in [1.807, 2.05) is 0 Å². The van der Waals surface area contributed by atoms with Crippen LogP contribution in [0, 0.1) is 0 Å². The molecule has 0 amide bonds. The van der Waals surface area contributed by atoms with E-state index >= 15 is 0 Å². The molecule has 2 aliphatic rings. The van der Waals surface area contributed by atoms with Gasteiger partial charge in [0, 0.05) is 38.3 Å². The number of likely N-dealkylation sites (N-methyl/N-ethyl adjacent to an activating group) is 1.